The molecule has 0 unspecified atom stereocenters. The molecule has 0 rings (SSSR count). The number of nitriles is 1. The van der Waals surface area contributed by atoms with Gasteiger partial charge in [-0.05, 0) is 12.8 Å². The van der Waals surface area contributed by atoms with Gasteiger partial charge in [0.25, 0.3) is 0 Å². The first kappa shape index (κ1) is 9.51. The van der Waals surface area contributed by atoms with Crippen molar-refractivity contribution in [3.05, 3.63) is 0 Å². The summed E-state index contributed by atoms with van der Waals surface area (Å²) in [6.45, 7) is 1.56. The van der Waals surface area contributed by atoms with Crippen molar-refractivity contribution in [3.8, 4) is 6.07 Å². The van der Waals surface area contributed by atoms with Gasteiger partial charge in [-0.15, -0.1) is 0 Å². The van der Waals surface area contributed by atoms with E-state index in [9.17, 15) is 4.79 Å². The van der Waals surface area contributed by atoms with Crippen LogP contribution in [0, 0.1) is 11.3 Å². The zero-order valence-electron chi connectivity index (χ0n) is 6.09. The summed E-state index contributed by atoms with van der Waals surface area (Å²) in [6, 6.07) is 2.06. The lowest BCUT2D eigenvalue weighted by atomic mass is 10.3. The Morgan fingerprint density at radius 2 is 2.30 bits per heavy atom. The maximum Gasteiger partial charge on any atom is 0.185 e. The Hall–Kier alpha value is -0.490. The number of unbranched alkanes of at least 4 members (excludes halogenated alkanes) is 2. The Labute approximate surface area is 65.6 Å². The second-order valence-corrected chi connectivity index (χ2v) is 3.23. The summed E-state index contributed by atoms with van der Waals surface area (Å²) in [6.07, 6.45) is 2.49. The standard InChI is InChI=1S/C7H11NOS/c1-7(9)10-6-4-2-3-5-8/h2-4,6H2,1H3. The average Bonchev–Trinajstić information content (AvgIpc) is 1.87. The van der Waals surface area contributed by atoms with E-state index in [-0.39, 0.29) is 5.12 Å². The maximum absolute atomic E-state index is 10.4. The predicted molar refractivity (Wildman–Crippen MR) is 42.6 cm³/mol. The van der Waals surface area contributed by atoms with Crippen molar-refractivity contribution in [1.82, 2.24) is 0 Å². The SMILES string of the molecule is CC(=O)SCCCCC#N. The van der Waals surface area contributed by atoms with E-state index in [1.165, 1.54) is 11.8 Å². The smallest absolute Gasteiger partial charge is 0.185 e. The molecule has 0 saturated carbocycles. The Balaban J connectivity index is 2.92. The largest absolute Gasteiger partial charge is 0.288 e. The van der Waals surface area contributed by atoms with Crippen LogP contribution in [0.4, 0.5) is 0 Å². The van der Waals surface area contributed by atoms with Gasteiger partial charge < -0.3 is 0 Å². The molecule has 0 aliphatic rings. The van der Waals surface area contributed by atoms with Gasteiger partial charge in [0.2, 0.25) is 0 Å². The van der Waals surface area contributed by atoms with Gasteiger partial charge in [0.05, 0.1) is 6.07 Å². The van der Waals surface area contributed by atoms with E-state index in [2.05, 4.69) is 6.07 Å². The van der Waals surface area contributed by atoms with Crippen molar-refractivity contribution in [1.29, 1.82) is 5.26 Å². The maximum atomic E-state index is 10.4. The predicted octanol–water partition coefficient (Wildman–Crippen LogP) is 1.96. The van der Waals surface area contributed by atoms with Crippen LogP contribution >= 0.6 is 11.8 Å². The molecule has 0 fully saturated rings. The van der Waals surface area contributed by atoms with Crippen molar-refractivity contribution in [3.63, 3.8) is 0 Å². The number of hydrogen-bond donors (Lipinski definition) is 0. The second-order valence-electron chi connectivity index (χ2n) is 1.96. The minimum absolute atomic E-state index is 0.164. The Morgan fingerprint density at radius 3 is 2.80 bits per heavy atom. The molecule has 0 aromatic heterocycles. The number of rotatable bonds is 4. The molecule has 10 heavy (non-hydrogen) atoms. The third kappa shape index (κ3) is 7.51. The number of hydrogen-bond acceptors (Lipinski definition) is 3. The molecule has 0 saturated heterocycles. The molecule has 0 radical (unpaired) electrons. The highest BCUT2D eigenvalue weighted by atomic mass is 32.2. The van der Waals surface area contributed by atoms with E-state index < -0.39 is 0 Å². The summed E-state index contributed by atoms with van der Waals surface area (Å²) in [5.74, 6) is 0.858. The second kappa shape index (κ2) is 6.63. The van der Waals surface area contributed by atoms with Gasteiger partial charge in [-0.2, -0.15) is 5.26 Å². The molecular weight excluding hydrogens is 146 g/mol. The summed E-state index contributed by atoms with van der Waals surface area (Å²) in [7, 11) is 0. The van der Waals surface area contributed by atoms with Crippen LogP contribution in [-0.4, -0.2) is 10.9 Å². The minimum Gasteiger partial charge on any atom is -0.288 e. The van der Waals surface area contributed by atoms with Crippen molar-refractivity contribution >= 4 is 16.9 Å². The van der Waals surface area contributed by atoms with Crippen molar-refractivity contribution < 1.29 is 4.79 Å². The summed E-state index contributed by atoms with van der Waals surface area (Å²) < 4.78 is 0. The van der Waals surface area contributed by atoms with Gasteiger partial charge in [0.15, 0.2) is 5.12 Å². The molecule has 0 bridgehead atoms. The van der Waals surface area contributed by atoms with Crippen molar-refractivity contribution in [2.45, 2.75) is 26.2 Å². The van der Waals surface area contributed by atoms with Gasteiger partial charge >= 0.3 is 0 Å². The monoisotopic (exact) mass is 157 g/mol. The van der Waals surface area contributed by atoms with Crippen LogP contribution in [0.25, 0.3) is 0 Å². The van der Waals surface area contributed by atoms with Gasteiger partial charge in [-0.25, -0.2) is 0 Å². The van der Waals surface area contributed by atoms with Crippen molar-refractivity contribution in [2.75, 3.05) is 5.75 Å². The van der Waals surface area contributed by atoms with E-state index in [0.29, 0.717) is 6.42 Å². The van der Waals surface area contributed by atoms with Crippen LogP contribution in [0.15, 0.2) is 0 Å². The molecule has 0 aliphatic heterocycles. The quantitative estimate of drug-likeness (QED) is 0.586. The molecule has 0 amide bonds. The zero-order chi connectivity index (χ0) is 7.82. The zero-order valence-corrected chi connectivity index (χ0v) is 6.91. The van der Waals surface area contributed by atoms with Crippen LogP contribution in [0.3, 0.4) is 0 Å². The third-order valence-corrected chi connectivity index (χ3v) is 1.89. The first-order chi connectivity index (χ1) is 4.77. The number of carbonyl (C=O) groups is 1. The number of thioether (sulfide) groups is 1. The van der Waals surface area contributed by atoms with Gasteiger partial charge in [-0.1, -0.05) is 11.8 Å². The molecule has 0 aromatic rings. The number of nitrogens with zero attached hydrogens (tertiary/aromatic N) is 1. The first-order valence-corrected chi connectivity index (χ1v) is 4.26. The summed E-state index contributed by atoms with van der Waals surface area (Å²) in [4.78, 5) is 10.4. The fraction of sp³-hybridized carbons (Fsp3) is 0.714. The van der Waals surface area contributed by atoms with Gasteiger partial charge in [0, 0.05) is 19.1 Å². The third-order valence-electron chi connectivity index (χ3n) is 0.988. The lowest BCUT2D eigenvalue weighted by molar-refractivity contribution is -0.109. The van der Waals surface area contributed by atoms with Crippen LogP contribution < -0.4 is 0 Å². The molecule has 0 atom stereocenters. The lowest BCUT2D eigenvalue weighted by Crippen LogP contribution is -1.85. The summed E-state index contributed by atoms with van der Waals surface area (Å²) >= 11 is 1.33. The summed E-state index contributed by atoms with van der Waals surface area (Å²) in [5.41, 5.74) is 0. The molecule has 0 heterocycles. The first-order valence-electron chi connectivity index (χ1n) is 3.27. The van der Waals surface area contributed by atoms with Crippen LogP contribution in [0.5, 0.6) is 0 Å². The van der Waals surface area contributed by atoms with E-state index in [1.807, 2.05) is 0 Å². The molecule has 0 spiro atoms. The molecule has 3 heteroatoms. The molecule has 0 aromatic carbocycles. The highest BCUT2D eigenvalue weighted by Crippen LogP contribution is 2.05. The highest BCUT2D eigenvalue weighted by molar-refractivity contribution is 8.13. The van der Waals surface area contributed by atoms with E-state index >= 15 is 0 Å². The molecule has 0 N–H and O–H groups in total. The van der Waals surface area contributed by atoms with Crippen molar-refractivity contribution in [2.24, 2.45) is 0 Å². The summed E-state index contributed by atoms with van der Waals surface area (Å²) in [5, 5.41) is 8.31. The van der Waals surface area contributed by atoms with Gasteiger partial charge in [-0.3, -0.25) is 4.79 Å². The minimum atomic E-state index is 0.164. The van der Waals surface area contributed by atoms with Crippen LogP contribution in [-0.2, 0) is 4.79 Å². The fourth-order valence-electron chi connectivity index (χ4n) is 0.522. The van der Waals surface area contributed by atoms with Crippen LogP contribution in [0.1, 0.15) is 26.2 Å². The van der Waals surface area contributed by atoms with E-state index in [1.54, 1.807) is 6.92 Å². The number of carbonyl (C=O) groups excluding carboxylic acids is 1. The Kier molecular flexibility index (Phi) is 6.30. The fourth-order valence-corrected chi connectivity index (χ4v) is 1.16. The molecule has 56 valence electrons. The molecular formula is C7H11NOS. The van der Waals surface area contributed by atoms with E-state index in [0.717, 1.165) is 18.6 Å². The van der Waals surface area contributed by atoms with Gasteiger partial charge in [0.1, 0.15) is 0 Å². The Morgan fingerprint density at radius 1 is 1.60 bits per heavy atom. The highest BCUT2D eigenvalue weighted by Gasteiger charge is 1.92. The molecule has 2 nitrogen and oxygen atoms in total. The van der Waals surface area contributed by atoms with E-state index in [4.69, 9.17) is 5.26 Å². The molecule has 0 aliphatic carbocycles. The average molecular weight is 157 g/mol. The Bertz CT molecular complexity index is 139. The normalized spacial score (nSPS) is 8.80. The topological polar surface area (TPSA) is 40.9 Å². The lowest BCUT2D eigenvalue weighted by Gasteiger charge is -1.92. The van der Waals surface area contributed by atoms with Crippen LogP contribution in [0.2, 0.25) is 0 Å².